The van der Waals surface area contributed by atoms with Crippen molar-refractivity contribution < 1.29 is 55.1 Å². The summed E-state index contributed by atoms with van der Waals surface area (Å²) in [7, 11) is 0. The Labute approximate surface area is 452 Å². The van der Waals surface area contributed by atoms with Gasteiger partial charge in [0.25, 0.3) is 0 Å². The minimum absolute atomic E-state index is 0. The summed E-state index contributed by atoms with van der Waals surface area (Å²) in [5, 5.41) is 24.5. The molecule has 0 bridgehead atoms. The van der Waals surface area contributed by atoms with Crippen molar-refractivity contribution in [3.8, 4) is 67.5 Å². The second-order valence-corrected chi connectivity index (χ2v) is 19.9. The average Bonchev–Trinajstić information content (AvgIpc) is 3.38. The maximum Gasteiger partial charge on any atom is 0.130 e. The van der Waals surface area contributed by atoms with Crippen LogP contribution in [0.1, 0.15) is 99.9 Å². The first-order valence-corrected chi connectivity index (χ1v) is 24.7. The van der Waals surface area contributed by atoms with Crippen LogP contribution in [0.4, 0.5) is 0 Å². The molecule has 0 aliphatic rings. The van der Waals surface area contributed by atoms with E-state index >= 15 is 0 Å². The number of benzene rings is 8. The van der Waals surface area contributed by atoms with Gasteiger partial charge in [0.2, 0.25) is 0 Å². The SMILES string of the molecule is CCOc1c(C)cc(-c2ccccc2)cc1-c1cc(C(C)(C)C)cc(CCc2cc(C(C)(C)C)cc(-c3cc(-c4ccccc4)cc(C)c3OCC)c2O)c1O.O=[C-]c1ccccc1.O=[C-]c1ccccc1.[Hf]. The molecule has 0 fully saturated rings. The number of hydrogen-bond acceptors (Lipinski definition) is 6. The summed E-state index contributed by atoms with van der Waals surface area (Å²) in [5.41, 5.74) is 14.3. The van der Waals surface area contributed by atoms with Crippen molar-refractivity contribution in [2.24, 2.45) is 0 Å². The van der Waals surface area contributed by atoms with Crippen LogP contribution in [-0.4, -0.2) is 36.0 Å². The average molecular weight is 1140 g/mol. The van der Waals surface area contributed by atoms with E-state index in [0.717, 1.165) is 89.4 Å². The predicted molar refractivity (Wildman–Crippen MR) is 297 cm³/mol. The van der Waals surface area contributed by atoms with Crippen LogP contribution in [0.25, 0.3) is 44.5 Å². The second-order valence-electron chi connectivity index (χ2n) is 19.9. The number of phenolic OH excluding ortho intramolecular Hbond substituents is 2. The van der Waals surface area contributed by atoms with Crippen LogP contribution in [0.3, 0.4) is 0 Å². The van der Waals surface area contributed by atoms with Crippen molar-refractivity contribution in [3.05, 3.63) is 214 Å². The summed E-state index contributed by atoms with van der Waals surface area (Å²) >= 11 is 0. The first-order chi connectivity index (χ1) is 34.5. The van der Waals surface area contributed by atoms with E-state index in [1.165, 1.54) is 0 Å². The van der Waals surface area contributed by atoms with Gasteiger partial charge in [0.05, 0.1) is 25.8 Å². The van der Waals surface area contributed by atoms with Crippen LogP contribution in [-0.2, 0) is 59.1 Å². The summed E-state index contributed by atoms with van der Waals surface area (Å²) in [5.74, 6) is 2.02. The molecule has 0 radical (unpaired) electrons. The number of rotatable bonds is 13. The fraction of sp³-hybridized carbons (Fsp3) is 0.242. The fourth-order valence-electron chi connectivity index (χ4n) is 8.54. The fourth-order valence-corrected chi connectivity index (χ4v) is 8.54. The van der Waals surface area contributed by atoms with Gasteiger partial charge in [0, 0.05) is 48.1 Å². The molecule has 2 N–H and O–H groups in total. The minimum atomic E-state index is -0.187. The number of carbonyl (C=O) groups excluding carboxylic acids is 2. The molecule has 7 heteroatoms. The summed E-state index contributed by atoms with van der Waals surface area (Å²) < 4.78 is 12.6. The Morgan fingerprint density at radius 3 is 1.01 bits per heavy atom. The molecule has 6 nitrogen and oxygen atoms in total. The third kappa shape index (κ3) is 14.9. The van der Waals surface area contributed by atoms with Crippen LogP contribution < -0.4 is 9.47 Å². The van der Waals surface area contributed by atoms with Crippen LogP contribution >= 0.6 is 0 Å². The maximum absolute atomic E-state index is 12.3. The summed E-state index contributed by atoms with van der Waals surface area (Å²) in [6.07, 6.45) is 4.59. The molecule has 0 aromatic heterocycles. The second kappa shape index (κ2) is 26.2. The number of aromatic hydroxyl groups is 2. The molecule has 8 aromatic rings. The van der Waals surface area contributed by atoms with E-state index in [-0.39, 0.29) is 48.2 Å². The van der Waals surface area contributed by atoms with E-state index < -0.39 is 0 Å². The Balaban J connectivity index is 0.000000492. The third-order valence-electron chi connectivity index (χ3n) is 12.5. The van der Waals surface area contributed by atoms with E-state index in [9.17, 15) is 19.8 Å². The van der Waals surface area contributed by atoms with E-state index in [1.807, 2.05) is 62.4 Å². The quantitative estimate of drug-likeness (QED) is 0.0883. The van der Waals surface area contributed by atoms with E-state index in [4.69, 9.17) is 9.47 Å². The monoisotopic (exact) mass is 1140 g/mol. The zero-order chi connectivity index (χ0) is 52.0. The van der Waals surface area contributed by atoms with Crippen LogP contribution in [0.15, 0.2) is 170 Å². The first-order valence-electron chi connectivity index (χ1n) is 24.7. The van der Waals surface area contributed by atoms with Crippen molar-refractivity contribution in [3.63, 3.8) is 0 Å². The van der Waals surface area contributed by atoms with Crippen molar-refractivity contribution >= 4 is 12.6 Å². The van der Waals surface area contributed by atoms with Gasteiger partial charge in [-0.25, -0.2) is 0 Å². The summed E-state index contributed by atoms with van der Waals surface area (Å²) in [4.78, 5) is 19.8. The van der Waals surface area contributed by atoms with Gasteiger partial charge in [-0.2, -0.15) is 35.4 Å². The van der Waals surface area contributed by atoms with Crippen LogP contribution in [0, 0.1) is 13.8 Å². The number of aryl methyl sites for hydroxylation is 4. The molecule has 0 aliphatic heterocycles. The molecule has 8 aromatic carbocycles. The molecular formula is C66H68HfO6-2. The number of phenols is 2. The van der Waals surface area contributed by atoms with Crippen molar-refractivity contribution in [1.82, 2.24) is 0 Å². The molecule has 8 rings (SSSR count). The Morgan fingerprint density at radius 2 is 0.740 bits per heavy atom. The number of hydrogen-bond donors (Lipinski definition) is 2. The van der Waals surface area contributed by atoms with Gasteiger partial charge in [-0.05, 0) is 143 Å². The van der Waals surface area contributed by atoms with Crippen molar-refractivity contribution in [2.45, 2.75) is 92.9 Å². The summed E-state index contributed by atoms with van der Waals surface area (Å²) in [6, 6.07) is 55.6. The normalized spacial score (nSPS) is 10.9. The number of ether oxygens (including phenoxy) is 2. The Bertz CT molecular complexity index is 2850. The van der Waals surface area contributed by atoms with Gasteiger partial charge in [-0.15, -0.1) is 24.3 Å². The standard InChI is InChI=1S/C52H58O4.2C7H5O.Hf/c1-11-55-49-33(3)25-39(35-19-15-13-16-20-35)29-45(49)43-31-41(51(5,6)7)27-37(47(43)53)23-24-38-28-42(52(8,9)10)32-44(48(38)54)46-30-40(36-21-17-14-18-22-36)26-34(4)50(46)56-12-2;2*8-6-7-4-2-1-3-5-7;/h13-22,25-32,53-54H,11-12,23-24H2,1-10H3;2*1-5H;/q;2*-1;. The van der Waals surface area contributed by atoms with Crippen LogP contribution in [0.5, 0.6) is 23.0 Å². The third-order valence-corrected chi connectivity index (χ3v) is 12.5. The molecule has 374 valence electrons. The molecule has 73 heavy (non-hydrogen) atoms. The largest absolute Gasteiger partial charge is 0.507 e. The molecule has 0 saturated heterocycles. The van der Waals surface area contributed by atoms with Crippen molar-refractivity contribution in [2.75, 3.05) is 13.2 Å². The van der Waals surface area contributed by atoms with Gasteiger partial charge in [-0.1, -0.05) is 126 Å². The molecular weight excluding hydrogens is 1070 g/mol. The van der Waals surface area contributed by atoms with Crippen molar-refractivity contribution in [1.29, 1.82) is 0 Å². The molecule has 0 atom stereocenters. The Kier molecular flexibility index (Phi) is 20.5. The maximum atomic E-state index is 12.3. The van der Waals surface area contributed by atoms with Gasteiger partial charge in [0.15, 0.2) is 0 Å². The Hall–Kier alpha value is -6.83. The summed E-state index contributed by atoms with van der Waals surface area (Å²) in [6.45, 7) is 22.4. The van der Waals surface area contributed by atoms with Gasteiger partial charge in [0.1, 0.15) is 23.0 Å². The topological polar surface area (TPSA) is 93.1 Å². The molecule has 0 spiro atoms. The molecule has 0 saturated carbocycles. The Morgan fingerprint density at radius 1 is 0.425 bits per heavy atom. The first kappa shape index (κ1) is 57.1. The van der Waals surface area contributed by atoms with E-state index in [0.29, 0.717) is 37.2 Å². The minimum Gasteiger partial charge on any atom is -0.507 e. The van der Waals surface area contributed by atoms with Gasteiger partial charge < -0.3 is 29.3 Å². The molecule has 0 aliphatic carbocycles. The van der Waals surface area contributed by atoms with Crippen LogP contribution in [0.2, 0.25) is 0 Å². The van der Waals surface area contributed by atoms with E-state index in [2.05, 4.69) is 128 Å². The molecule has 0 unspecified atom stereocenters. The smallest absolute Gasteiger partial charge is 0.130 e. The predicted octanol–water partition coefficient (Wildman–Crippen LogP) is 15.8. The van der Waals surface area contributed by atoms with Gasteiger partial charge in [-0.3, -0.25) is 0 Å². The molecule has 0 heterocycles. The van der Waals surface area contributed by atoms with Gasteiger partial charge >= 0.3 is 0 Å². The molecule has 0 amide bonds. The zero-order valence-corrected chi connectivity index (χ0v) is 47.6. The van der Waals surface area contributed by atoms with E-state index in [1.54, 1.807) is 61.1 Å². The zero-order valence-electron chi connectivity index (χ0n) is 44.0.